The summed E-state index contributed by atoms with van der Waals surface area (Å²) < 4.78 is 7.31. The van der Waals surface area contributed by atoms with Crippen LogP contribution in [0.25, 0.3) is 0 Å². The standard InChI is InChI=1S/C22H35N3O3/c1-3-17(2)28-22(27)25-13-8-18(9-14-25)6-4-5-12-24-15-10-19-16-23-11-7-20(19)21(24)26/h10,15,17-18,23H,3-9,11-14,16H2,1-2H3. The van der Waals surface area contributed by atoms with E-state index in [1.807, 2.05) is 29.5 Å². The van der Waals surface area contributed by atoms with Crippen molar-refractivity contribution in [2.24, 2.45) is 5.92 Å². The summed E-state index contributed by atoms with van der Waals surface area (Å²) in [6.07, 6.45) is 8.94. The van der Waals surface area contributed by atoms with Gasteiger partial charge in [0, 0.05) is 37.9 Å². The third kappa shape index (κ3) is 5.37. The van der Waals surface area contributed by atoms with Crippen molar-refractivity contribution in [1.29, 1.82) is 0 Å². The number of unbranched alkanes of at least 4 members (excludes halogenated alkanes) is 1. The Labute approximate surface area is 168 Å². The van der Waals surface area contributed by atoms with Crippen LogP contribution >= 0.6 is 0 Å². The van der Waals surface area contributed by atoms with E-state index in [-0.39, 0.29) is 17.8 Å². The number of hydrogen-bond donors (Lipinski definition) is 1. The van der Waals surface area contributed by atoms with E-state index in [0.717, 1.165) is 82.4 Å². The number of aryl methyl sites for hydroxylation is 1. The second-order valence-electron chi connectivity index (χ2n) is 8.27. The zero-order valence-electron chi connectivity index (χ0n) is 17.4. The lowest BCUT2D eigenvalue weighted by molar-refractivity contribution is 0.0573. The van der Waals surface area contributed by atoms with Gasteiger partial charge in [-0.1, -0.05) is 19.8 Å². The number of carbonyl (C=O) groups is 1. The molecule has 1 aromatic heterocycles. The van der Waals surface area contributed by atoms with Crippen LogP contribution in [0.2, 0.25) is 0 Å². The minimum atomic E-state index is -0.158. The van der Waals surface area contributed by atoms with Gasteiger partial charge in [-0.05, 0) is 63.1 Å². The quantitative estimate of drug-likeness (QED) is 0.727. The fourth-order valence-electron chi connectivity index (χ4n) is 4.15. The third-order valence-corrected chi connectivity index (χ3v) is 6.24. The fourth-order valence-corrected chi connectivity index (χ4v) is 4.15. The summed E-state index contributed by atoms with van der Waals surface area (Å²) in [6, 6.07) is 2.09. The van der Waals surface area contributed by atoms with Crippen LogP contribution in [-0.4, -0.2) is 41.3 Å². The average Bonchev–Trinajstić information content (AvgIpc) is 2.73. The Hall–Kier alpha value is -1.82. The summed E-state index contributed by atoms with van der Waals surface area (Å²) in [5, 5.41) is 3.32. The molecule has 1 unspecified atom stereocenters. The summed E-state index contributed by atoms with van der Waals surface area (Å²) in [7, 11) is 0. The largest absolute Gasteiger partial charge is 0.446 e. The van der Waals surface area contributed by atoms with Gasteiger partial charge in [-0.2, -0.15) is 0 Å². The molecule has 3 heterocycles. The number of carbonyl (C=O) groups excluding carboxylic acids is 1. The molecule has 0 aliphatic carbocycles. The SMILES string of the molecule is CCC(C)OC(=O)N1CCC(CCCCn2ccc3c(c2=O)CCNC3)CC1. The highest BCUT2D eigenvalue weighted by molar-refractivity contribution is 5.67. The van der Waals surface area contributed by atoms with Gasteiger partial charge in [0.1, 0.15) is 6.10 Å². The van der Waals surface area contributed by atoms with Crippen molar-refractivity contribution in [3.8, 4) is 0 Å². The first-order valence-electron chi connectivity index (χ1n) is 11.0. The molecule has 3 rings (SSSR count). The zero-order chi connectivity index (χ0) is 19.9. The summed E-state index contributed by atoms with van der Waals surface area (Å²) in [5.74, 6) is 0.680. The van der Waals surface area contributed by atoms with Crippen molar-refractivity contribution in [2.75, 3.05) is 19.6 Å². The minimum absolute atomic E-state index is 0.00603. The minimum Gasteiger partial charge on any atom is -0.446 e. The first-order valence-corrected chi connectivity index (χ1v) is 11.0. The molecule has 28 heavy (non-hydrogen) atoms. The highest BCUT2D eigenvalue weighted by Gasteiger charge is 2.24. The number of rotatable bonds is 7. The fraction of sp³-hybridized carbons (Fsp3) is 0.727. The summed E-state index contributed by atoms with van der Waals surface area (Å²) in [6.45, 7) is 8.09. The highest BCUT2D eigenvalue weighted by atomic mass is 16.6. The molecule has 1 amide bonds. The lowest BCUT2D eigenvalue weighted by Crippen LogP contribution is -2.40. The number of piperidine rings is 1. The lowest BCUT2D eigenvalue weighted by atomic mass is 9.92. The number of likely N-dealkylation sites (tertiary alicyclic amines) is 1. The predicted octanol–water partition coefficient (Wildman–Crippen LogP) is 3.31. The number of ether oxygens (including phenoxy) is 1. The highest BCUT2D eigenvalue weighted by Crippen LogP contribution is 2.23. The van der Waals surface area contributed by atoms with Gasteiger partial charge in [0.2, 0.25) is 0 Å². The van der Waals surface area contributed by atoms with E-state index in [4.69, 9.17) is 4.74 Å². The zero-order valence-corrected chi connectivity index (χ0v) is 17.4. The third-order valence-electron chi connectivity index (χ3n) is 6.24. The molecule has 2 aliphatic rings. The Bertz CT molecular complexity index is 707. The predicted molar refractivity (Wildman–Crippen MR) is 110 cm³/mol. The van der Waals surface area contributed by atoms with Crippen LogP contribution in [0.3, 0.4) is 0 Å². The van der Waals surface area contributed by atoms with Crippen molar-refractivity contribution in [3.63, 3.8) is 0 Å². The van der Waals surface area contributed by atoms with Gasteiger partial charge in [0.15, 0.2) is 0 Å². The number of nitrogens with zero attached hydrogens (tertiary/aromatic N) is 2. The van der Waals surface area contributed by atoms with Crippen LogP contribution in [0.1, 0.15) is 63.5 Å². The monoisotopic (exact) mass is 389 g/mol. The van der Waals surface area contributed by atoms with Gasteiger partial charge < -0.3 is 19.5 Å². The first kappa shape index (κ1) is 20.9. The van der Waals surface area contributed by atoms with Gasteiger partial charge in [-0.25, -0.2) is 4.79 Å². The molecule has 6 heteroatoms. The van der Waals surface area contributed by atoms with Crippen LogP contribution < -0.4 is 10.9 Å². The number of nitrogens with one attached hydrogen (secondary N) is 1. The summed E-state index contributed by atoms with van der Waals surface area (Å²) in [5.41, 5.74) is 2.36. The molecule has 1 atom stereocenters. The van der Waals surface area contributed by atoms with Crippen molar-refractivity contribution in [1.82, 2.24) is 14.8 Å². The number of hydrogen-bond acceptors (Lipinski definition) is 4. The average molecular weight is 390 g/mol. The van der Waals surface area contributed by atoms with Crippen LogP contribution in [0, 0.1) is 5.92 Å². The smallest absolute Gasteiger partial charge is 0.410 e. The van der Waals surface area contributed by atoms with Crippen LogP contribution in [-0.2, 0) is 24.2 Å². The van der Waals surface area contributed by atoms with Crippen molar-refractivity contribution in [2.45, 2.75) is 78.0 Å². The van der Waals surface area contributed by atoms with E-state index >= 15 is 0 Å². The molecule has 0 aromatic carbocycles. The van der Waals surface area contributed by atoms with Crippen molar-refractivity contribution < 1.29 is 9.53 Å². The van der Waals surface area contributed by atoms with E-state index in [1.54, 1.807) is 0 Å². The van der Waals surface area contributed by atoms with E-state index in [9.17, 15) is 9.59 Å². The molecule has 156 valence electrons. The number of fused-ring (bicyclic) bond motifs is 1. The second kappa shape index (κ2) is 10.1. The summed E-state index contributed by atoms with van der Waals surface area (Å²) in [4.78, 5) is 26.5. The molecule has 0 radical (unpaired) electrons. The normalized spacial score (nSPS) is 18.6. The van der Waals surface area contributed by atoms with Gasteiger partial charge in [-0.15, -0.1) is 0 Å². The maximum Gasteiger partial charge on any atom is 0.410 e. The Morgan fingerprint density at radius 3 is 2.86 bits per heavy atom. The maximum atomic E-state index is 12.6. The maximum absolute atomic E-state index is 12.6. The first-order chi connectivity index (χ1) is 13.6. The Balaban J connectivity index is 1.37. The lowest BCUT2D eigenvalue weighted by Gasteiger charge is -2.32. The van der Waals surface area contributed by atoms with Crippen LogP contribution in [0.4, 0.5) is 4.79 Å². The van der Waals surface area contributed by atoms with E-state index in [2.05, 4.69) is 11.4 Å². The second-order valence-corrected chi connectivity index (χ2v) is 8.27. The molecule has 0 spiro atoms. The molecule has 0 saturated carbocycles. The molecular weight excluding hydrogens is 354 g/mol. The molecule has 2 aliphatic heterocycles. The van der Waals surface area contributed by atoms with Gasteiger partial charge >= 0.3 is 6.09 Å². The van der Waals surface area contributed by atoms with Gasteiger partial charge in [0.25, 0.3) is 5.56 Å². The topological polar surface area (TPSA) is 63.6 Å². The van der Waals surface area contributed by atoms with Crippen LogP contribution in [0.15, 0.2) is 17.1 Å². The van der Waals surface area contributed by atoms with E-state index in [1.165, 1.54) is 6.42 Å². The molecule has 1 aromatic rings. The Morgan fingerprint density at radius 2 is 2.11 bits per heavy atom. The number of pyridine rings is 1. The molecular formula is C22H35N3O3. The molecule has 1 fully saturated rings. The van der Waals surface area contributed by atoms with Crippen LogP contribution in [0.5, 0.6) is 0 Å². The summed E-state index contributed by atoms with van der Waals surface area (Å²) >= 11 is 0. The van der Waals surface area contributed by atoms with E-state index in [0.29, 0.717) is 5.92 Å². The van der Waals surface area contributed by atoms with Crippen molar-refractivity contribution in [3.05, 3.63) is 33.7 Å². The molecule has 1 saturated heterocycles. The number of amides is 1. The molecule has 6 nitrogen and oxygen atoms in total. The molecule has 0 bridgehead atoms. The van der Waals surface area contributed by atoms with Crippen molar-refractivity contribution >= 4 is 6.09 Å². The number of aromatic nitrogens is 1. The Morgan fingerprint density at radius 1 is 1.32 bits per heavy atom. The van der Waals surface area contributed by atoms with Gasteiger partial charge in [0.05, 0.1) is 0 Å². The van der Waals surface area contributed by atoms with E-state index < -0.39 is 0 Å². The van der Waals surface area contributed by atoms with Gasteiger partial charge in [-0.3, -0.25) is 4.79 Å². The Kier molecular flexibility index (Phi) is 7.54. The molecule has 1 N–H and O–H groups in total.